The molecule has 0 N–H and O–H groups in total. The molecule has 0 amide bonds. The number of benzene rings is 7. The van der Waals surface area contributed by atoms with E-state index in [1.807, 2.05) is 6.07 Å². The van der Waals surface area contributed by atoms with Gasteiger partial charge in [-0.3, -0.25) is 0 Å². The average Bonchev–Trinajstić information content (AvgIpc) is 3.40. The molecule has 0 bridgehead atoms. The maximum Gasteiger partial charge on any atom is 0.114 e. The second-order valence-electron chi connectivity index (χ2n) is 13.8. The summed E-state index contributed by atoms with van der Waals surface area (Å²) in [6, 6.07) is 57.3. The van der Waals surface area contributed by atoms with Gasteiger partial charge in [0.25, 0.3) is 0 Å². The molecular weight excluding hydrogens is 609 g/mol. The molecule has 7 aromatic carbocycles. The molecule has 0 unspecified atom stereocenters. The monoisotopic (exact) mass is 640 g/mol. The third-order valence-corrected chi connectivity index (χ3v) is 14.2. The minimum Gasteiger partial charge on any atom is -0.245 e. The molecule has 2 nitrogen and oxygen atoms in total. The Balaban J connectivity index is 1.11. The van der Waals surface area contributed by atoms with E-state index in [4.69, 9.17) is 9.97 Å². The van der Waals surface area contributed by atoms with Gasteiger partial charge >= 0.3 is 0 Å². The fourth-order valence-electron chi connectivity index (χ4n) is 8.25. The van der Waals surface area contributed by atoms with Crippen LogP contribution in [0, 0.1) is 0 Å². The maximum atomic E-state index is 5.31. The van der Waals surface area contributed by atoms with E-state index >= 15 is 0 Å². The highest BCUT2D eigenvalue weighted by atomic mass is 28.3. The van der Waals surface area contributed by atoms with E-state index in [2.05, 4.69) is 165 Å². The van der Waals surface area contributed by atoms with Crippen molar-refractivity contribution < 1.29 is 0 Å². The van der Waals surface area contributed by atoms with E-state index in [1.54, 1.807) is 10.4 Å². The van der Waals surface area contributed by atoms with Gasteiger partial charge in [-0.05, 0) is 72.4 Å². The maximum absolute atomic E-state index is 5.31. The molecule has 9 aromatic rings. The fraction of sp³-hybridized carbons (Fsp3) is 0.0435. The first-order valence-corrected chi connectivity index (χ1v) is 20.0. The second-order valence-corrected chi connectivity index (χ2v) is 18.1. The van der Waals surface area contributed by atoms with Crippen LogP contribution in [0.4, 0.5) is 0 Å². The van der Waals surface area contributed by atoms with Gasteiger partial charge in [-0.1, -0.05) is 153 Å². The quantitative estimate of drug-likeness (QED) is 0.142. The number of pyridine rings is 2. The van der Waals surface area contributed by atoms with Gasteiger partial charge < -0.3 is 0 Å². The Morgan fingerprint density at radius 2 is 0.980 bits per heavy atom. The van der Waals surface area contributed by atoms with Crippen LogP contribution >= 0.6 is 0 Å². The van der Waals surface area contributed by atoms with Crippen LogP contribution in [0.25, 0.3) is 88.1 Å². The molecule has 3 heterocycles. The molecule has 0 saturated carbocycles. The normalized spacial score (nSPS) is 13.3. The van der Waals surface area contributed by atoms with Gasteiger partial charge in [0, 0.05) is 21.9 Å². The largest absolute Gasteiger partial charge is 0.245 e. The first-order valence-electron chi connectivity index (χ1n) is 17.0. The van der Waals surface area contributed by atoms with Crippen molar-refractivity contribution in [3.05, 3.63) is 158 Å². The van der Waals surface area contributed by atoms with E-state index in [0.717, 1.165) is 44.3 Å². The Morgan fingerprint density at radius 3 is 1.78 bits per heavy atom. The molecule has 1 aliphatic heterocycles. The average molecular weight is 641 g/mol. The predicted octanol–water partition coefficient (Wildman–Crippen LogP) is 10.9. The highest BCUT2D eigenvalue weighted by Crippen LogP contribution is 2.39. The summed E-state index contributed by atoms with van der Waals surface area (Å²) >= 11 is 0. The number of fused-ring (bicyclic) bond motifs is 9. The van der Waals surface area contributed by atoms with Crippen LogP contribution in [0.15, 0.2) is 158 Å². The third-order valence-electron chi connectivity index (χ3n) is 10.6. The van der Waals surface area contributed by atoms with E-state index in [9.17, 15) is 0 Å². The van der Waals surface area contributed by atoms with Crippen molar-refractivity contribution in [1.82, 2.24) is 9.97 Å². The SMILES string of the molecule is C[Si]1(C)c2ccccc2-c2ccc3cc(-c4ccc(-c5ccc6ccc7ccc(-c8ccccc8)nc7c6n5)c5ccccc45)ccc3c21. The van der Waals surface area contributed by atoms with Crippen molar-refractivity contribution in [2.75, 3.05) is 0 Å². The Hall–Kier alpha value is -5.90. The van der Waals surface area contributed by atoms with Crippen LogP contribution in [-0.2, 0) is 0 Å². The third kappa shape index (κ3) is 4.26. The Labute approximate surface area is 286 Å². The minimum absolute atomic E-state index is 0.927. The predicted molar refractivity (Wildman–Crippen MR) is 211 cm³/mol. The van der Waals surface area contributed by atoms with Gasteiger partial charge in [-0.15, -0.1) is 0 Å². The standard InChI is InChI=1S/C46H32N2Si/c1-49(2)43-15-9-8-14-39(43)40-23-19-33-28-32(18-22-35(33)46(40)49)34-24-25-38(37-13-7-6-12-36(34)37)42-27-21-31-17-16-30-20-26-41(29-10-4-3-5-11-29)47-44(30)45(31)48-42/h3-28H,1-2H3. The first-order chi connectivity index (χ1) is 24.0. The summed E-state index contributed by atoms with van der Waals surface area (Å²) in [5, 5.41) is 10.4. The second kappa shape index (κ2) is 10.5. The van der Waals surface area contributed by atoms with Gasteiger partial charge in [0.2, 0.25) is 0 Å². The van der Waals surface area contributed by atoms with E-state index in [-0.39, 0.29) is 0 Å². The zero-order valence-corrected chi connectivity index (χ0v) is 28.4. The van der Waals surface area contributed by atoms with Crippen LogP contribution in [0.2, 0.25) is 13.1 Å². The van der Waals surface area contributed by atoms with Gasteiger partial charge in [0.1, 0.15) is 8.07 Å². The topological polar surface area (TPSA) is 25.8 Å². The van der Waals surface area contributed by atoms with E-state index in [0.29, 0.717) is 0 Å². The first kappa shape index (κ1) is 28.1. The van der Waals surface area contributed by atoms with Crippen molar-refractivity contribution >= 4 is 61.8 Å². The van der Waals surface area contributed by atoms with Gasteiger partial charge in [-0.2, -0.15) is 0 Å². The Morgan fingerprint density at radius 1 is 0.388 bits per heavy atom. The molecule has 230 valence electrons. The zero-order valence-electron chi connectivity index (χ0n) is 27.4. The Kier molecular flexibility index (Phi) is 6.06. The molecule has 1 aliphatic rings. The molecule has 0 aliphatic carbocycles. The van der Waals surface area contributed by atoms with Crippen LogP contribution in [0.1, 0.15) is 0 Å². The fourth-order valence-corrected chi connectivity index (χ4v) is 11.7. The summed E-state index contributed by atoms with van der Waals surface area (Å²) < 4.78 is 0. The lowest BCUT2D eigenvalue weighted by molar-refractivity contribution is 1.37. The van der Waals surface area contributed by atoms with Crippen LogP contribution in [-0.4, -0.2) is 18.0 Å². The van der Waals surface area contributed by atoms with E-state index in [1.165, 1.54) is 43.8 Å². The number of aromatic nitrogens is 2. The number of nitrogens with zero attached hydrogens (tertiary/aromatic N) is 2. The molecule has 0 spiro atoms. The van der Waals surface area contributed by atoms with Crippen molar-refractivity contribution in [2.24, 2.45) is 0 Å². The summed E-state index contributed by atoms with van der Waals surface area (Å²) in [7, 11) is -1.80. The highest BCUT2D eigenvalue weighted by Gasteiger charge is 2.38. The summed E-state index contributed by atoms with van der Waals surface area (Å²) in [5.74, 6) is 0. The van der Waals surface area contributed by atoms with Crippen molar-refractivity contribution in [3.8, 4) is 44.8 Å². The molecule has 3 heteroatoms. The lowest BCUT2D eigenvalue weighted by Crippen LogP contribution is -2.49. The highest BCUT2D eigenvalue weighted by molar-refractivity contribution is 7.05. The number of hydrogen-bond acceptors (Lipinski definition) is 2. The molecule has 2 aromatic heterocycles. The molecule has 0 fully saturated rings. The van der Waals surface area contributed by atoms with E-state index < -0.39 is 8.07 Å². The summed E-state index contributed by atoms with van der Waals surface area (Å²) in [6.45, 7) is 5.00. The number of hydrogen-bond donors (Lipinski definition) is 0. The molecule has 10 rings (SSSR count). The van der Waals surface area contributed by atoms with Gasteiger partial charge in [0.15, 0.2) is 0 Å². The minimum atomic E-state index is -1.80. The van der Waals surface area contributed by atoms with Crippen molar-refractivity contribution in [3.63, 3.8) is 0 Å². The molecule has 49 heavy (non-hydrogen) atoms. The molecule has 0 radical (unpaired) electrons. The van der Waals surface area contributed by atoms with Crippen LogP contribution in [0.5, 0.6) is 0 Å². The van der Waals surface area contributed by atoms with Gasteiger partial charge in [0.05, 0.1) is 22.4 Å². The summed E-state index contributed by atoms with van der Waals surface area (Å²) in [4.78, 5) is 10.4. The smallest absolute Gasteiger partial charge is 0.114 e. The van der Waals surface area contributed by atoms with Crippen LogP contribution in [0.3, 0.4) is 0 Å². The van der Waals surface area contributed by atoms with Crippen molar-refractivity contribution in [1.29, 1.82) is 0 Å². The molecular formula is C46H32N2Si. The molecule has 0 saturated heterocycles. The van der Waals surface area contributed by atoms with Gasteiger partial charge in [-0.25, -0.2) is 9.97 Å². The lowest BCUT2D eigenvalue weighted by atomic mass is 9.92. The summed E-state index contributed by atoms with van der Waals surface area (Å²) in [5.41, 5.74) is 11.3. The Bertz CT molecular complexity index is 2800. The number of rotatable bonds is 3. The van der Waals surface area contributed by atoms with Crippen LogP contribution < -0.4 is 10.4 Å². The van der Waals surface area contributed by atoms with Crippen molar-refractivity contribution in [2.45, 2.75) is 13.1 Å². The summed E-state index contributed by atoms with van der Waals surface area (Å²) in [6.07, 6.45) is 0. The molecule has 0 atom stereocenters. The lowest BCUT2D eigenvalue weighted by Gasteiger charge is -2.21. The zero-order chi connectivity index (χ0) is 32.7.